The Labute approximate surface area is 217 Å². The van der Waals surface area contributed by atoms with Gasteiger partial charge < -0.3 is 20.9 Å². The third-order valence-electron chi connectivity index (χ3n) is 6.74. The minimum Gasteiger partial charge on any atom is -0.359 e. The molecule has 6 rings (SSSR count). The van der Waals surface area contributed by atoms with E-state index in [1.807, 2.05) is 23.1 Å². The highest BCUT2D eigenvalue weighted by atomic mass is 32.1. The maximum atomic E-state index is 14.7. The van der Waals surface area contributed by atoms with Crippen LogP contribution >= 0.6 is 11.3 Å². The van der Waals surface area contributed by atoms with Crippen LogP contribution in [0.5, 0.6) is 0 Å². The number of fused-ring (bicyclic) bond motifs is 1. The van der Waals surface area contributed by atoms with Crippen molar-refractivity contribution in [3.8, 4) is 11.3 Å². The topological polar surface area (TPSA) is 108 Å². The number of hydrogen-bond donors (Lipinski definition) is 3. The summed E-state index contributed by atoms with van der Waals surface area (Å²) in [7, 11) is 0. The minimum atomic E-state index is -0.511. The number of amides is 1. The van der Waals surface area contributed by atoms with Gasteiger partial charge in [0.1, 0.15) is 11.5 Å². The Hall–Kier alpha value is -3.70. The maximum Gasteiger partial charge on any atom is 0.255 e. The second-order valence-corrected chi connectivity index (χ2v) is 10.3. The zero-order valence-corrected chi connectivity index (χ0v) is 21.0. The molecule has 0 radical (unpaired) electrons. The molecule has 0 bridgehead atoms. The number of pyridine rings is 1. The predicted molar refractivity (Wildman–Crippen MR) is 143 cm³/mol. The highest BCUT2D eigenvalue weighted by Crippen LogP contribution is 2.33. The van der Waals surface area contributed by atoms with Gasteiger partial charge in [-0.1, -0.05) is 30.2 Å². The summed E-state index contributed by atoms with van der Waals surface area (Å²) in [6, 6.07) is 9.53. The molecule has 0 spiro atoms. The number of hydrogen-bond acceptors (Lipinski definition) is 9. The van der Waals surface area contributed by atoms with E-state index in [0.717, 1.165) is 34.6 Å². The Bertz CT molecular complexity index is 1410. The number of carbonyl (C=O) groups is 1. The van der Waals surface area contributed by atoms with E-state index >= 15 is 0 Å². The molecule has 1 aliphatic carbocycles. The van der Waals surface area contributed by atoms with Crippen LogP contribution in [-0.4, -0.2) is 63.0 Å². The zero-order valence-electron chi connectivity index (χ0n) is 20.2. The zero-order chi connectivity index (χ0) is 25.2. The quantitative estimate of drug-likeness (QED) is 0.344. The van der Waals surface area contributed by atoms with E-state index in [1.54, 1.807) is 23.5 Å². The van der Waals surface area contributed by atoms with Gasteiger partial charge in [0.2, 0.25) is 5.95 Å². The second kappa shape index (κ2) is 10.3. The standard InChI is InChI=1S/C26H27FN8OS/c27-19-15-30-25(33-22-8-6-17(14-29-22)24(36)35-11-9-28-10-12-35)34-23(19)16-5-7-20-21(13-16)37-26(32-20)31-18-3-1-2-4-18/h5-8,13-15,18,28H,1-4,9-12H2,(H,31,32)(H,29,30,33,34). The highest BCUT2D eigenvalue weighted by Gasteiger charge is 2.19. The first-order chi connectivity index (χ1) is 18.1. The monoisotopic (exact) mass is 518 g/mol. The third kappa shape index (κ3) is 5.23. The molecule has 1 amide bonds. The van der Waals surface area contributed by atoms with Crippen molar-refractivity contribution in [3.05, 3.63) is 54.1 Å². The Kier molecular flexibility index (Phi) is 6.62. The average Bonchev–Trinajstić information content (AvgIpc) is 3.59. The number of halogens is 1. The van der Waals surface area contributed by atoms with Crippen molar-refractivity contribution in [3.63, 3.8) is 0 Å². The highest BCUT2D eigenvalue weighted by molar-refractivity contribution is 7.22. The van der Waals surface area contributed by atoms with E-state index in [2.05, 4.69) is 35.9 Å². The molecule has 1 aromatic carbocycles. The van der Waals surface area contributed by atoms with Crippen molar-refractivity contribution < 1.29 is 9.18 Å². The lowest BCUT2D eigenvalue weighted by Crippen LogP contribution is -2.46. The molecule has 3 aromatic heterocycles. The number of benzene rings is 1. The van der Waals surface area contributed by atoms with E-state index in [4.69, 9.17) is 0 Å². The molecule has 9 nitrogen and oxygen atoms in total. The van der Waals surface area contributed by atoms with Crippen LogP contribution in [0.15, 0.2) is 42.7 Å². The van der Waals surface area contributed by atoms with Crippen molar-refractivity contribution in [1.29, 1.82) is 0 Å². The van der Waals surface area contributed by atoms with Gasteiger partial charge >= 0.3 is 0 Å². The summed E-state index contributed by atoms with van der Waals surface area (Å²) in [4.78, 5) is 32.0. The van der Waals surface area contributed by atoms with E-state index in [-0.39, 0.29) is 17.5 Å². The lowest BCUT2D eigenvalue weighted by atomic mass is 10.1. The lowest BCUT2D eigenvalue weighted by Gasteiger charge is -2.27. The second-order valence-electron chi connectivity index (χ2n) is 9.32. The third-order valence-corrected chi connectivity index (χ3v) is 7.69. The van der Waals surface area contributed by atoms with Crippen LogP contribution in [0.1, 0.15) is 36.0 Å². The Balaban J connectivity index is 1.18. The van der Waals surface area contributed by atoms with Crippen LogP contribution in [0.3, 0.4) is 0 Å². The molecule has 37 heavy (non-hydrogen) atoms. The summed E-state index contributed by atoms with van der Waals surface area (Å²) < 4.78 is 15.7. The molecule has 1 saturated heterocycles. The molecule has 2 aliphatic rings. The first-order valence-corrected chi connectivity index (χ1v) is 13.4. The van der Waals surface area contributed by atoms with Crippen LogP contribution in [0.4, 0.5) is 21.3 Å². The first kappa shape index (κ1) is 23.7. The summed E-state index contributed by atoms with van der Waals surface area (Å²) in [5, 5.41) is 10.7. The number of nitrogens with one attached hydrogen (secondary N) is 3. The van der Waals surface area contributed by atoms with Crippen molar-refractivity contribution in [2.24, 2.45) is 0 Å². The lowest BCUT2D eigenvalue weighted by molar-refractivity contribution is 0.0735. The summed E-state index contributed by atoms with van der Waals surface area (Å²) in [6.07, 6.45) is 7.54. The molecule has 1 saturated carbocycles. The largest absolute Gasteiger partial charge is 0.359 e. The van der Waals surface area contributed by atoms with Crippen LogP contribution in [-0.2, 0) is 0 Å². The van der Waals surface area contributed by atoms with Gasteiger partial charge in [-0.2, -0.15) is 0 Å². The molecule has 0 unspecified atom stereocenters. The van der Waals surface area contributed by atoms with Gasteiger partial charge in [0.25, 0.3) is 5.91 Å². The number of nitrogens with zero attached hydrogens (tertiary/aromatic N) is 5. The maximum absolute atomic E-state index is 14.7. The fraction of sp³-hybridized carbons (Fsp3) is 0.346. The Morgan fingerprint density at radius 1 is 1.05 bits per heavy atom. The molecule has 3 N–H and O–H groups in total. The average molecular weight is 519 g/mol. The number of piperazine rings is 1. The number of carbonyl (C=O) groups excluding carboxylic acids is 1. The molecular weight excluding hydrogens is 491 g/mol. The fourth-order valence-corrected chi connectivity index (χ4v) is 5.75. The summed E-state index contributed by atoms with van der Waals surface area (Å²) in [5.74, 6) is 0.137. The summed E-state index contributed by atoms with van der Waals surface area (Å²) in [5.41, 5.74) is 2.24. The predicted octanol–water partition coefficient (Wildman–Crippen LogP) is 4.43. The van der Waals surface area contributed by atoms with Crippen LogP contribution in [0.25, 0.3) is 21.5 Å². The van der Waals surface area contributed by atoms with Crippen molar-refractivity contribution in [1.82, 2.24) is 30.2 Å². The van der Waals surface area contributed by atoms with Gasteiger partial charge in [0.05, 0.1) is 22.0 Å². The van der Waals surface area contributed by atoms with Gasteiger partial charge in [-0.05, 0) is 37.1 Å². The molecule has 2 fully saturated rings. The SMILES string of the molecule is O=C(c1ccc(Nc2ncc(F)c(-c3ccc4nc(NC5CCCC5)sc4c3)n2)nc1)N1CCNCC1. The van der Waals surface area contributed by atoms with Gasteiger partial charge in [-0.3, -0.25) is 4.79 Å². The van der Waals surface area contributed by atoms with Gasteiger partial charge in [0, 0.05) is 44.0 Å². The fourth-order valence-electron chi connectivity index (χ4n) is 4.77. The summed E-state index contributed by atoms with van der Waals surface area (Å²) in [6.45, 7) is 2.93. The molecule has 190 valence electrons. The van der Waals surface area contributed by atoms with Crippen molar-refractivity contribution >= 4 is 44.4 Å². The number of anilines is 3. The molecule has 4 aromatic rings. The van der Waals surface area contributed by atoms with Crippen molar-refractivity contribution in [2.75, 3.05) is 36.8 Å². The smallest absolute Gasteiger partial charge is 0.255 e. The first-order valence-electron chi connectivity index (χ1n) is 12.6. The molecule has 1 aliphatic heterocycles. The number of rotatable bonds is 6. The number of thiazole rings is 1. The minimum absolute atomic E-state index is 0.0408. The Morgan fingerprint density at radius 2 is 1.89 bits per heavy atom. The van der Waals surface area contributed by atoms with Gasteiger partial charge in [-0.15, -0.1) is 0 Å². The summed E-state index contributed by atoms with van der Waals surface area (Å²) >= 11 is 1.57. The van der Waals surface area contributed by atoms with E-state index in [0.29, 0.717) is 36.1 Å². The number of aromatic nitrogens is 4. The molecule has 0 atom stereocenters. The van der Waals surface area contributed by atoms with E-state index in [9.17, 15) is 9.18 Å². The van der Waals surface area contributed by atoms with Gasteiger partial charge in [0.15, 0.2) is 10.9 Å². The normalized spacial score (nSPS) is 16.3. The molecule has 11 heteroatoms. The van der Waals surface area contributed by atoms with Crippen LogP contribution in [0, 0.1) is 5.82 Å². The Morgan fingerprint density at radius 3 is 2.68 bits per heavy atom. The molecule has 4 heterocycles. The van der Waals surface area contributed by atoms with Crippen molar-refractivity contribution in [2.45, 2.75) is 31.7 Å². The van der Waals surface area contributed by atoms with E-state index < -0.39 is 5.82 Å². The molecular formula is C26H27FN8OS. The van der Waals surface area contributed by atoms with Gasteiger partial charge in [-0.25, -0.2) is 24.3 Å². The van der Waals surface area contributed by atoms with E-state index in [1.165, 1.54) is 31.9 Å². The van der Waals surface area contributed by atoms with Crippen LogP contribution in [0.2, 0.25) is 0 Å². The van der Waals surface area contributed by atoms with Crippen LogP contribution < -0.4 is 16.0 Å².